The number of aromatic nitrogens is 2. The van der Waals surface area contributed by atoms with Gasteiger partial charge in [-0.3, -0.25) is 9.97 Å². The van der Waals surface area contributed by atoms with Gasteiger partial charge >= 0.3 is 0 Å². The van der Waals surface area contributed by atoms with Gasteiger partial charge in [0.05, 0.1) is 11.3 Å². The molecule has 0 radical (unpaired) electrons. The van der Waals surface area contributed by atoms with E-state index in [9.17, 15) is 0 Å². The zero-order valence-corrected chi connectivity index (χ0v) is 16.6. The monoisotopic (exact) mass is 370 g/mol. The number of rotatable bonds is 4. The summed E-state index contributed by atoms with van der Waals surface area (Å²) in [7, 11) is 0. The molecule has 3 heteroatoms. The van der Waals surface area contributed by atoms with Gasteiger partial charge in [0.15, 0.2) is 0 Å². The average molecular weight is 370 g/mol. The first-order chi connectivity index (χ1) is 13.7. The van der Waals surface area contributed by atoms with E-state index in [2.05, 4.69) is 37.2 Å². The van der Waals surface area contributed by atoms with Crippen molar-refractivity contribution in [1.82, 2.24) is 9.97 Å². The summed E-state index contributed by atoms with van der Waals surface area (Å²) in [6.07, 6.45) is 12.5. The van der Waals surface area contributed by atoms with E-state index in [-0.39, 0.29) is 0 Å². The Labute approximate surface area is 165 Å². The molecule has 1 fully saturated rings. The van der Waals surface area contributed by atoms with Crippen molar-refractivity contribution in [2.45, 2.75) is 51.9 Å². The number of furan rings is 1. The smallest absolute Gasteiger partial charge is 0.147 e. The van der Waals surface area contributed by atoms with Crippen LogP contribution in [0.15, 0.2) is 53.3 Å². The van der Waals surface area contributed by atoms with E-state index in [1.165, 1.54) is 36.8 Å². The summed E-state index contributed by atoms with van der Waals surface area (Å²) in [4.78, 5) is 9.33. The molecule has 1 aromatic carbocycles. The first kappa shape index (κ1) is 17.4. The molecule has 0 amide bonds. The number of benzene rings is 1. The van der Waals surface area contributed by atoms with Gasteiger partial charge in [-0.15, -0.1) is 0 Å². The molecule has 0 aliphatic heterocycles. The van der Waals surface area contributed by atoms with Crippen molar-refractivity contribution >= 4 is 21.9 Å². The third-order valence-corrected chi connectivity index (χ3v) is 6.19. The lowest BCUT2D eigenvalue weighted by Crippen LogP contribution is -2.05. The minimum Gasteiger partial charge on any atom is -0.455 e. The van der Waals surface area contributed by atoms with Crippen LogP contribution in [0.4, 0.5) is 0 Å². The molecule has 4 aromatic rings. The molecular weight excluding hydrogens is 344 g/mol. The lowest BCUT2D eigenvalue weighted by atomic mass is 9.90. The van der Waals surface area contributed by atoms with Gasteiger partial charge in [0.2, 0.25) is 0 Å². The molecule has 0 bridgehead atoms. The summed E-state index contributed by atoms with van der Waals surface area (Å²) in [5.41, 5.74) is 6.55. The second-order valence-electron chi connectivity index (χ2n) is 8.44. The Kier molecular flexibility index (Phi) is 4.38. The quantitative estimate of drug-likeness (QED) is 0.392. The molecule has 3 aromatic heterocycles. The van der Waals surface area contributed by atoms with Gasteiger partial charge in [-0.1, -0.05) is 57.7 Å². The Bertz CT molecular complexity index is 1140. The molecule has 142 valence electrons. The highest BCUT2D eigenvalue weighted by Gasteiger charge is 2.20. The van der Waals surface area contributed by atoms with Crippen LogP contribution in [0.1, 0.15) is 56.6 Å². The molecule has 0 unspecified atom stereocenters. The van der Waals surface area contributed by atoms with Crippen LogP contribution in [-0.2, 0) is 6.42 Å². The Hall–Kier alpha value is -2.68. The van der Waals surface area contributed by atoms with Gasteiger partial charge in [0.25, 0.3) is 0 Å². The fourth-order valence-corrected chi connectivity index (χ4v) is 4.70. The standard InChI is InChI=1S/C25H26N2O/c1-16(2)20-15-27-23(12-18(20)11-17-7-3-4-8-17)22-14-26-13-21-19-9-5-6-10-24(19)28-25(21)22/h5-6,9-10,12-17H,3-4,7-8,11H2,1-2H3. The number of nitrogens with zero attached hydrogens (tertiary/aromatic N) is 2. The molecule has 1 aliphatic carbocycles. The second-order valence-corrected chi connectivity index (χ2v) is 8.44. The maximum Gasteiger partial charge on any atom is 0.147 e. The Morgan fingerprint density at radius 3 is 2.68 bits per heavy atom. The van der Waals surface area contributed by atoms with E-state index >= 15 is 0 Å². The maximum atomic E-state index is 6.21. The van der Waals surface area contributed by atoms with Crippen LogP contribution in [-0.4, -0.2) is 9.97 Å². The molecule has 1 aliphatic rings. The third kappa shape index (κ3) is 2.99. The van der Waals surface area contributed by atoms with Crippen molar-refractivity contribution in [3.63, 3.8) is 0 Å². The highest BCUT2D eigenvalue weighted by Crippen LogP contribution is 2.36. The van der Waals surface area contributed by atoms with E-state index < -0.39 is 0 Å². The van der Waals surface area contributed by atoms with Gasteiger partial charge in [0, 0.05) is 29.4 Å². The van der Waals surface area contributed by atoms with Gasteiger partial charge in [-0.2, -0.15) is 0 Å². The van der Waals surface area contributed by atoms with Crippen LogP contribution in [0.5, 0.6) is 0 Å². The van der Waals surface area contributed by atoms with E-state index in [1.54, 1.807) is 0 Å². The molecule has 0 N–H and O–H groups in total. The van der Waals surface area contributed by atoms with E-state index in [4.69, 9.17) is 9.40 Å². The van der Waals surface area contributed by atoms with Crippen LogP contribution in [0, 0.1) is 5.92 Å². The minimum absolute atomic E-state index is 0.484. The van der Waals surface area contributed by atoms with E-state index in [0.29, 0.717) is 5.92 Å². The number of hydrogen-bond donors (Lipinski definition) is 0. The minimum atomic E-state index is 0.484. The van der Waals surface area contributed by atoms with Crippen LogP contribution in [0.25, 0.3) is 33.2 Å². The highest BCUT2D eigenvalue weighted by atomic mass is 16.3. The summed E-state index contributed by atoms with van der Waals surface area (Å²) < 4.78 is 6.21. The Balaban J connectivity index is 1.64. The predicted octanol–water partition coefficient (Wildman–Crippen LogP) is 6.90. The zero-order valence-electron chi connectivity index (χ0n) is 16.6. The highest BCUT2D eigenvalue weighted by molar-refractivity contribution is 6.08. The lowest BCUT2D eigenvalue weighted by Gasteiger charge is -2.17. The Morgan fingerprint density at radius 2 is 1.86 bits per heavy atom. The summed E-state index contributed by atoms with van der Waals surface area (Å²) in [6.45, 7) is 4.52. The summed E-state index contributed by atoms with van der Waals surface area (Å²) in [6, 6.07) is 10.4. The van der Waals surface area contributed by atoms with E-state index in [0.717, 1.165) is 45.5 Å². The first-order valence-corrected chi connectivity index (χ1v) is 10.4. The van der Waals surface area contributed by atoms with Crippen LogP contribution in [0.2, 0.25) is 0 Å². The second kappa shape index (κ2) is 7.05. The van der Waals surface area contributed by atoms with Crippen molar-refractivity contribution in [1.29, 1.82) is 0 Å². The fraction of sp³-hybridized carbons (Fsp3) is 0.360. The zero-order chi connectivity index (χ0) is 19.1. The maximum absolute atomic E-state index is 6.21. The topological polar surface area (TPSA) is 38.9 Å². The molecular formula is C25H26N2O. The average Bonchev–Trinajstić information content (AvgIpc) is 3.35. The van der Waals surface area contributed by atoms with Crippen molar-refractivity contribution in [2.24, 2.45) is 5.92 Å². The van der Waals surface area contributed by atoms with Crippen molar-refractivity contribution in [3.05, 3.63) is 60.0 Å². The van der Waals surface area contributed by atoms with Crippen molar-refractivity contribution < 1.29 is 4.42 Å². The SMILES string of the molecule is CC(C)c1cnc(-c2cncc3c2oc2ccccc23)cc1CC1CCCC1. The molecule has 28 heavy (non-hydrogen) atoms. The molecule has 0 spiro atoms. The molecule has 3 nitrogen and oxygen atoms in total. The molecule has 5 rings (SSSR count). The molecule has 3 heterocycles. The summed E-state index contributed by atoms with van der Waals surface area (Å²) >= 11 is 0. The van der Waals surface area contributed by atoms with Crippen LogP contribution >= 0.6 is 0 Å². The molecule has 0 atom stereocenters. The predicted molar refractivity (Wildman–Crippen MR) is 114 cm³/mol. The van der Waals surface area contributed by atoms with Gasteiger partial charge in [-0.25, -0.2) is 0 Å². The van der Waals surface area contributed by atoms with E-state index in [1.807, 2.05) is 30.6 Å². The Morgan fingerprint density at radius 1 is 1.04 bits per heavy atom. The lowest BCUT2D eigenvalue weighted by molar-refractivity contribution is 0.542. The van der Waals surface area contributed by atoms with Crippen LogP contribution in [0.3, 0.4) is 0 Å². The molecule has 0 saturated heterocycles. The van der Waals surface area contributed by atoms with Crippen LogP contribution < -0.4 is 0 Å². The fourth-order valence-electron chi connectivity index (χ4n) is 4.70. The normalized spacial score (nSPS) is 15.2. The first-order valence-electron chi connectivity index (χ1n) is 10.4. The van der Waals surface area contributed by atoms with Crippen molar-refractivity contribution in [3.8, 4) is 11.3 Å². The number of para-hydroxylation sites is 1. The summed E-state index contributed by atoms with van der Waals surface area (Å²) in [5.74, 6) is 1.30. The van der Waals surface area contributed by atoms with Gasteiger partial charge in [-0.05, 0) is 41.5 Å². The van der Waals surface area contributed by atoms with Crippen molar-refractivity contribution in [2.75, 3.05) is 0 Å². The number of hydrogen-bond acceptors (Lipinski definition) is 3. The van der Waals surface area contributed by atoms with Gasteiger partial charge in [0.1, 0.15) is 11.2 Å². The van der Waals surface area contributed by atoms with Gasteiger partial charge < -0.3 is 4.42 Å². The molecule has 1 saturated carbocycles. The third-order valence-electron chi connectivity index (χ3n) is 6.19. The summed E-state index contributed by atoms with van der Waals surface area (Å²) in [5, 5.41) is 2.16. The number of pyridine rings is 2. The largest absolute Gasteiger partial charge is 0.455 e. The number of fused-ring (bicyclic) bond motifs is 3.